The molecule has 1 N–H and O–H groups in total. The monoisotopic (exact) mass is 260 g/mol. The Kier molecular flexibility index (Phi) is 2.62. The molecule has 0 radical (unpaired) electrons. The van der Waals surface area contributed by atoms with Gasteiger partial charge in [-0.15, -0.1) is 0 Å². The molecule has 2 aromatic rings. The second-order valence-corrected chi connectivity index (χ2v) is 4.86. The van der Waals surface area contributed by atoms with Crippen molar-refractivity contribution in [3.05, 3.63) is 48.0 Å². The summed E-state index contributed by atoms with van der Waals surface area (Å²) < 4.78 is 15.5. The Hall–Kier alpha value is -2.17. The average Bonchev–Trinajstić information content (AvgIpc) is 2.80. The molecule has 5 heteroatoms. The van der Waals surface area contributed by atoms with Crippen molar-refractivity contribution in [1.29, 1.82) is 0 Å². The van der Waals surface area contributed by atoms with E-state index in [0.717, 1.165) is 6.42 Å². The highest BCUT2D eigenvalue weighted by Gasteiger charge is 2.46. The minimum Gasteiger partial charge on any atom is -0.481 e. The third-order valence-corrected chi connectivity index (χ3v) is 3.87. The van der Waals surface area contributed by atoms with Crippen molar-refractivity contribution in [3.63, 3.8) is 0 Å². The first-order chi connectivity index (χ1) is 9.13. The Labute approximate surface area is 109 Å². The molecule has 4 nitrogen and oxygen atoms in total. The molecule has 3 rings (SSSR count). The lowest BCUT2D eigenvalue weighted by atomic mass is 9.64. The first-order valence-corrected chi connectivity index (χ1v) is 6.17. The molecule has 0 amide bonds. The molecule has 0 bridgehead atoms. The van der Waals surface area contributed by atoms with Gasteiger partial charge in [0.05, 0.1) is 5.41 Å². The summed E-state index contributed by atoms with van der Waals surface area (Å²) in [6.45, 7) is 0. The fraction of sp³-hybridized carbons (Fsp3) is 0.286. The second kappa shape index (κ2) is 4.19. The van der Waals surface area contributed by atoms with Crippen molar-refractivity contribution in [2.75, 3.05) is 0 Å². The van der Waals surface area contributed by atoms with Crippen LogP contribution in [0.4, 0.5) is 4.39 Å². The normalized spacial score (nSPS) is 16.9. The van der Waals surface area contributed by atoms with Gasteiger partial charge in [-0.1, -0.05) is 12.5 Å². The van der Waals surface area contributed by atoms with Gasteiger partial charge in [0.25, 0.3) is 0 Å². The molecule has 0 atom stereocenters. The first-order valence-electron chi connectivity index (χ1n) is 6.17. The Balaban J connectivity index is 2.02. The second-order valence-electron chi connectivity index (χ2n) is 4.86. The van der Waals surface area contributed by atoms with Crippen LogP contribution >= 0.6 is 0 Å². The van der Waals surface area contributed by atoms with Gasteiger partial charge in [0.15, 0.2) is 0 Å². The largest absolute Gasteiger partial charge is 0.481 e. The van der Waals surface area contributed by atoms with Crippen LogP contribution in [-0.2, 0) is 10.2 Å². The summed E-state index contributed by atoms with van der Waals surface area (Å²) in [5.74, 6) is -1.32. The van der Waals surface area contributed by atoms with Crippen LogP contribution in [0.25, 0.3) is 5.69 Å². The van der Waals surface area contributed by atoms with Crippen LogP contribution in [-0.4, -0.2) is 20.9 Å². The minimum absolute atomic E-state index is 0.327. The molecule has 0 spiro atoms. The van der Waals surface area contributed by atoms with Crippen LogP contribution < -0.4 is 0 Å². The highest BCUT2D eigenvalue weighted by atomic mass is 19.1. The number of hydrogen-bond acceptors (Lipinski definition) is 2. The lowest BCUT2D eigenvalue weighted by molar-refractivity contribution is -0.147. The van der Waals surface area contributed by atoms with Crippen LogP contribution in [0.1, 0.15) is 24.8 Å². The lowest BCUT2D eigenvalue weighted by Crippen LogP contribution is -2.42. The average molecular weight is 260 g/mol. The SMILES string of the molecule is O=C(O)C1(c2ccc(-n3cccn3)c(F)c2)CCC1. The van der Waals surface area contributed by atoms with E-state index in [2.05, 4.69) is 5.10 Å². The predicted octanol–water partition coefficient (Wildman–Crippen LogP) is 2.52. The number of carboxylic acid groups (broad SMARTS) is 1. The number of nitrogens with zero attached hydrogens (tertiary/aromatic N) is 2. The van der Waals surface area contributed by atoms with Crippen LogP contribution in [0, 0.1) is 5.82 Å². The van der Waals surface area contributed by atoms with Crippen LogP contribution in [0.2, 0.25) is 0 Å². The van der Waals surface area contributed by atoms with Gasteiger partial charge in [0.1, 0.15) is 11.5 Å². The summed E-state index contributed by atoms with van der Waals surface area (Å²) in [7, 11) is 0. The summed E-state index contributed by atoms with van der Waals surface area (Å²) in [5, 5.41) is 13.3. The number of carboxylic acids is 1. The van der Waals surface area contributed by atoms with E-state index in [0.29, 0.717) is 24.1 Å². The van der Waals surface area contributed by atoms with Crippen molar-refractivity contribution in [2.45, 2.75) is 24.7 Å². The predicted molar refractivity (Wildman–Crippen MR) is 66.7 cm³/mol. The van der Waals surface area contributed by atoms with E-state index in [4.69, 9.17) is 0 Å². The summed E-state index contributed by atoms with van der Waals surface area (Å²) in [6, 6.07) is 6.30. The van der Waals surface area contributed by atoms with Gasteiger partial charge >= 0.3 is 5.97 Å². The molecule has 1 aromatic carbocycles. The van der Waals surface area contributed by atoms with Gasteiger partial charge in [0.2, 0.25) is 0 Å². The Bertz CT molecular complexity index is 618. The molecule has 1 saturated carbocycles. The molecule has 1 aromatic heterocycles. The van der Waals surface area contributed by atoms with E-state index in [1.54, 1.807) is 30.6 Å². The molecule has 1 aliphatic rings. The van der Waals surface area contributed by atoms with Gasteiger partial charge in [-0.05, 0) is 36.6 Å². The van der Waals surface area contributed by atoms with E-state index >= 15 is 0 Å². The first kappa shape index (κ1) is 11.9. The molecule has 19 heavy (non-hydrogen) atoms. The number of halogens is 1. The Morgan fingerprint density at radius 2 is 2.21 bits per heavy atom. The maximum absolute atomic E-state index is 14.1. The molecular weight excluding hydrogens is 247 g/mol. The number of aromatic nitrogens is 2. The zero-order valence-corrected chi connectivity index (χ0v) is 10.2. The van der Waals surface area contributed by atoms with Crippen LogP contribution in [0.5, 0.6) is 0 Å². The number of benzene rings is 1. The number of aliphatic carboxylic acids is 1. The van der Waals surface area contributed by atoms with E-state index in [9.17, 15) is 14.3 Å². The Morgan fingerprint density at radius 1 is 1.42 bits per heavy atom. The molecule has 1 fully saturated rings. The zero-order chi connectivity index (χ0) is 13.5. The molecular formula is C14H13FN2O2. The minimum atomic E-state index is -0.899. The molecule has 1 heterocycles. The quantitative estimate of drug-likeness (QED) is 0.922. The third-order valence-electron chi connectivity index (χ3n) is 3.87. The van der Waals surface area contributed by atoms with Crippen LogP contribution in [0.15, 0.2) is 36.7 Å². The number of carbonyl (C=O) groups is 1. The summed E-state index contributed by atoms with van der Waals surface area (Å²) in [6.07, 6.45) is 5.23. The van der Waals surface area contributed by atoms with E-state index in [-0.39, 0.29) is 0 Å². The summed E-state index contributed by atoms with van der Waals surface area (Å²) in [5.41, 5.74) is -0.0306. The zero-order valence-electron chi connectivity index (χ0n) is 10.2. The van der Waals surface area contributed by atoms with Gasteiger partial charge in [-0.2, -0.15) is 5.10 Å². The molecule has 1 aliphatic carbocycles. The van der Waals surface area contributed by atoms with Crippen molar-refractivity contribution in [3.8, 4) is 5.69 Å². The van der Waals surface area contributed by atoms with Gasteiger partial charge in [-0.3, -0.25) is 4.79 Å². The highest BCUT2D eigenvalue weighted by molar-refractivity contribution is 5.82. The van der Waals surface area contributed by atoms with Gasteiger partial charge < -0.3 is 5.11 Å². The topological polar surface area (TPSA) is 55.1 Å². The molecule has 98 valence electrons. The smallest absolute Gasteiger partial charge is 0.314 e. The van der Waals surface area contributed by atoms with Gasteiger partial charge in [0, 0.05) is 12.4 Å². The van der Waals surface area contributed by atoms with Crippen molar-refractivity contribution >= 4 is 5.97 Å². The van der Waals surface area contributed by atoms with Crippen molar-refractivity contribution in [1.82, 2.24) is 9.78 Å². The summed E-state index contributed by atoms with van der Waals surface area (Å²) >= 11 is 0. The maximum atomic E-state index is 14.1. The molecule has 0 aliphatic heterocycles. The standard InChI is InChI=1S/C14H13FN2O2/c15-11-9-10(14(13(18)19)5-1-6-14)3-4-12(11)17-8-2-7-16-17/h2-4,7-9H,1,5-6H2,(H,18,19). The number of rotatable bonds is 3. The third kappa shape index (κ3) is 1.73. The molecule has 0 unspecified atom stereocenters. The molecule has 0 saturated heterocycles. The fourth-order valence-electron chi connectivity index (χ4n) is 2.56. The summed E-state index contributed by atoms with van der Waals surface area (Å²) in [4.78, 5) is 11.4. The van der Waals surface area contributed by atoms with Crippen molar-refractivity contribution < 1.29 is 14.3 Å². The van der Waals surface area contributed by atoms with E-state index in [1.165, 1.54) is 10.7 Å². The number of hydrogen-bond donors (Lipinski definition) is 1. The maximum Gasteiger partial charge on any atom is 0.314 e. The van der Waals surface area contributed by atoms with E-state index < -0.39 is 17.2 Å². The highest BCUT2D eigenvalue weighted by Crippen LogP contribution is 2.44. The lowest BCUT2D eigenvalue weighted by Gasteiger charge is -2.38. The van der Waals surface area contributed by atoms with Gasteiger partial charge in [-0.25, -0.2) is 9.07 Å². The Morgan fingerprint density at radius 3 is 2.68 bits per heavy atom. The van der Waals surface area contributed by atoms with Crippen LogP contribution in [0.3, 0.4) is 0 Å². The van der Waals surface area contributed by atoms with Crippen molar-refractivity contribution in [2.24, 2.45) is 0 Å². The fourth-order valence-corrected chi connectivity index (χ4v) is 2.56. The van der Waals surface area contributed by atoms with E-state index in [1.807, 2.05) is 0 Å².